The van der Waals surface area contributed by atoms with Crippen LogP contribution in [0.2, 0.25) is 5.02 Å². The molecule has 2 amide bonds. The first-order chi connectivity index (χ1) is 13.7. The van der Waals surface area contributed by atoms with E-state index >= 15 is 0 Å². The number of amides is 2. The highest BCUT2D eigenvalue weighted by atomic mass is 35.5. The van der Waals surface area contributed by atoms with Gasteiger partial charge in [0.05, 0.1) is 17.0 Å². The molecule has 0 radical (unpaired) electrons. The summed E-state index contributed by atoms with van der Waals surface area (Å²) in [5.74, 6) is 0. The molecule has 0 aliphatic carbocycles. The molecular formula is C21H28ClN3O3S. The maximum Gasteiger partial charge on any atom is 0.315 e. The average molecular weight is 438 g/mol. The van der Waals surface area contributed by atoms with Gasteiger partial charge in [0.15, 0.2) is 0 Å². The summed E-state index contributed by atoms with van der Waals surface area (Å²) in [7, 11) is -3.50. The van der Waals surface area contributed by atoms with Crippen LogP contribution in [0.4, 0.5) is 4.79 Å². The minimum absolute atomic E-state index is 0.244. The van der Waals surface area contributed by atoms with Crippen LogP contribution in [0.3, 0.4) is 0 Å². The molecule has 0 spiro atoms. The molecule has 0 heterocycles. The number of urea groups is 1. The number of carbonyl (C=O) groups is 1. The second-order valence-electron chi connectivity index (χ2n) is 6.74. The lowest BCUT2D eigenvalue weighted by Gasteiger charge is -2.21. The van der Waals surface area contributed by atoms with Gasteiger partial charge < -0.3 is 10.6 Å². The zero-order valence-corrected chi connectivity index (χ0v) is 18.7. The maximum atomic E-state index is 12.6. The van der Waals surface area contributed by atoms with Crippen LogP contribution in [-0.4, -0.2) is 31.8 Å². The van der Waals surface area contributed by atoms with Gasteiger partial charge in [0.2, 0.25) is 10.0 Å². The Bertz CT molecular complexity index is 928. The quantitative estimate of drug-likeness (QED) is 0.638. The maximum absolute atomic E-state index is 12.6. The number of benzene rings is 2. The third kappa shape index (κ3) is 5.72. The Morgan fingerprint density at radius 1 is 0.966 bits per heavy atom. The number of hydrogen-bond acceptors (Lipinski definition) is 3. The highest BCUT2D eigenvalue weighted by molar-refractivity contribution is 7.89. The molecule has 0 saturated heterocycles. The lowest BCUT2D eigenvalue weighted by Crippen LogP contribution is -2.38. The van der Waals surface area contributed by atoms with Crippen molar-refractivity contribution < 1.29 is 13.2 Å². The van der Waals surface area contributed by atoms with Crippen molar-refractivity contribution in [2.75, 3.05) is 13.1 Å². The molecule has 8 heteroatoms. The largest absolute Gasteiger partial charge is 0.332 e. The van der Waals surface area contributed by atoms with E-state index in [0.29, 0.717) is 18.1 Å². The summed E-state index contributed by atoms with van der Waals surface area (Å²) in [6.45, 7) is 8.16. The third-order valence-corrected chi connectivity index (χ3v) is 7.20. The van der Waals surface area contributed by atoms with Crippen LogP contribution in [0.15, 0.2) is 53.4 Å². The summed E-state index contributed by atoms with van der Waals surface area (Å²) in [6.07, 6.45) is 0. The fraction of sp³-hybridized carbons (Fsp3) is 0.381. The number of carbonyl (C=O) groups excluding carboxylic acids is 1. The van der Waals surface area contributed by atoms with E-state index < -0.39 is 10.0 Å². The normalized spacial score (nSPS) is 13.7. The van der Waals surface area contributed by atoms with Gasteiger partial charge in [-0.15, -0.1) is 0 Å². The smallest absolute Gasteiger partial charge is 0.315 e. The van der Waals surface area contributed by atoms with Crippen molar-refractivity contribution in [3.8, 4) is 0 Å². The van der Waals surface area contributed by atoms with Gasteiger partial charge in [0.25, 0.3) is 0 Å². The Balaban J connectivity index is 2.03. The Morgan fingerprint density at radius 3 is 2.07 bits per heavy atom. The molecule has 0 aliphatic heterocycles. The number of rotatable bonds is 8. The molecule has 0 fully saturated rings. The lowest BCUT2D eigenvalue weighted by molar-refractivity contribution is 0.235. The fourth-order valence-electron chi connectivity index (χ4n) is 3.06. The predicted octanol–water partition coefficient (Wildman–Crippen LogP) is 4.49. The lowest BCUT2D eigenvalue weighted by atomic mass is 10.1. The molecule has 2 aromatic rings. The highest BCUT2D eigenvalue weighted by Crippen LogP contribution is 2.23. The highest BCUT2D eigenvalue weighted by Gasteiger charge is 2.22. The molecule has 2 N–H and O–H groups in total. The molecule has 6 nitrogen and oxygen atoms in total. The standard InChI is InChI=1S/C21H28ClN3O3S/c1-5-25(6-2)29(27,28)18-13-11-17(12-14-18)15(3)23-21(26)24-16(4)19-9-7-8-10-20(19)22/h7-16H,5-6H2,1-4H3,(H2,23,24,26). The topological polar surface area (TPSA) is 78.5 Å². The van der Waals surface area contributed by atoms with Crippen molar-refractivity contribution in [2.24, 2.45) is 0 Å². The van der Waals surface area contributed by atoms with Gasteiger partial charge in [-0.25, -0.2) is 13.2 Å². The first-order valence-corrected chi connectivity index (χ1v) is 11.4. The van der Waals surface area contributed by atoms with Crippen LogP contribution < -0.4 is 10.6 Å². The minimum atomic E-state index is -3.50. The molecule has 29 heavy (non-hydrogen) atoms. The van der Waals surface area contributed by atoms with Crippen molar-refractivity contribution >= 4 is 27.7 Å². The van der Waals surface area contributed by atoms with Gasteiger partial charge >= 0.3 is 6.03 Å². The molecule has 2 unspecified atom stereocenters. The monoisotopic (exact) mass is 437 g/mol. The number of nitrogens with one attached hydrogen (secondary N) is 2. The SMILES string of the molecule is CCN(CC)S(=O)(=O)c1ccc(C(C)NC(=O)NC(C)c2ccccc2Cl)cc1. The summed E-state index contributed by atoms with van der Waals surface area (Å²) in [4.78, 5) is 12.6. The summed E-state index contributed by atoms with van der Waals surface area (Å²) in [6, 6.07) is 13.1. The van der Waals surface area contributed by atoms with E-state index in [1.807, 2.05) is 45.9 Å². The first-order valence-electron chi connectivity index (χ1n) is 9.62. The summed E-state index contributed by atoms with van der Waals surface area (Å²) < 4.78 is 26.6. The van der Waals surface area contributed by atoms with Gasteiger partial charge in [0, 0.05) is 18.1 Å². The third-order valence-electron chi connectivity index (χ3n) is 4.79. The predicted molar refractivity (Wildman–Crippen MR) is 116 cm³/mol. The van der Waals surface area contributed by atoms with E-state index in [0.717, 1.165) is 11.1 Å². The van der Waals surface area contributed by atoms with Crippen LogP contribution in [0.1, 0.15) is 50.9 Å². The van der Waals surface area contributed by atoms with Crippen molar-refractivity contribution in [1.82, 2.24) is 14.9 Å². The molecule has 158 valence electrons. The van der Waals surface area contributed by atoms with E-state index in [1.54, 1.807) is 30.3 Å². The number of halogens is 1. The zero-order chi connectivity index (χ0) is 21.6. The number of sulfonamides is 1. The fourth-order valence-corrected chi connectivity index (χ4v) is 4.82. The van der Waals surface area contributed by atoms with Gasteiger partial charge in [-0.3, -0.25) is 0 Å². The van der Waals surface area contributed by atoms with Crippen molar-refractivity contribution in [3.63, 3.8) is 0 Å². The van der Waals surface area contributed by atoms with Gasteiger partial charge in [-0.1, -0.05) is 55.8 Å². The summed E-state index contributed by atoms with van der Waals surface area (Å²) in [5, 5.41) is 6.33. The number of hydrogen-bond donors (Lipinski definition) is 2. The second kappa shape index (κ2) is 10.1. The van der Waals surface area contributed by atoms with Crippen molar-refractivity contribution in [1.29, 1.82) is 0 Å². The van der Waals surface area contributed by atoms with Gasteiger partial charge in [-0.05, 0) is 43.2 Å². The molecule has 0 saturated carbocycles. The van der Waals surface area contributed by atoms with Crippen LogP contribution >= 0.6 is 11.6 Å². The van der Waals surface area contributed by atoms with Crippen LogP contribution in [0.25, 0.3) is 0 Å². The summed E-state index contributed by atoms with van der Waals surface area (Å²) in [5.41, 5.74) is 1.65. The zero-order valence-electron chi connectivity index (χ0n) is 17.1. The molecule has 0 aromatic heterocycles. The van der Waals surface area contributed by atoms with E-state index in [1.165, 1.54) is 4.31 Å². The summed E-state index contributed by atoms with van der Waals surface area (Å²) >= 11 is 6.17. The van der Waals surface area contributed by atoms with Crippen LogP contribution in [0, 0.1) is 0 Å². The van der Waals surface area contributed by atoms with Crippen LogP contribution in [0.5, 0.6) is 0 Å². The Labute approximate surface area is 178 Å². The molecular weight excluding hydrogens is 410 g/mol. The van der Waals surface area contributed by atoms with Gasteiger partial charge in [0.1, 0.15) is 0 Å². The van der Waals surface area contributed by atoms with Gasteiger partial charge in [-0.2, -0.15) is 4.31 Å². The average Bonchev–Trinajstić information content (AvgIpc) is 2.69. The van der Waals surface area contributed by atoms with E-state index in [9.17, 15) is 13.2 Å². The Kier molecular flexibility index (Phi) is 8.07. The molecule has 2 aromatic carbocycles. The van der Waals surface area contributed by atoms with Crippen molar-refractivity contribution in [2.45, 2.75) is 44.7 Å². The molecule has 0 bridgehead atoms. The van der Waals surface area contributed by atoms with E-state index in [-0.39, 0.29) is 23.0 Å². The first kappa shape index (κ1) is 23.2. The number of nitrogens with zero attached hydrogens (tertiary/aromatic N) is 1. The molecule has 2 rings (SSSR count). The minimum Gasteiger partial charge on any atom is -0.332 e. The Hall–Kier alpha value is -2.09. The van der Waals surface area contributed by atoms with E-state index in [4.69, 9.17) is 11.6 Å². The molecule has 0 aliphatic rings. The second-order valence-corrected chi connectivity index (χ2v) is 9.09. The van der Waals surface area contributed by atoms with Crippen LogP contribution in [-0.2, 0) is 10.0 Å². The van der Waals surface area contributed by atoms with Crippen molar-refractivity contribution in [3.05, 3.63) is 64.7 Å². The molecule has 2 atom stereocenters. The Morgan fingerprint density at radius 2 is 1.52 bits per heavy atom. The van der Waals surface area contributed by atoms with E-state index in [2.05, 4.69) is 10.6 Å².